The van der Waals surface area contributed by atoms with E-state index < -0.39 is 18.3 Å². The number of amides is 1. The standard InChI is InChI=1S/C26H28N2O5/c1-16-13-24(32-2)28-14-21(16)25(30)23(29)11-12-27-26(31)33-15-22-19-9-5-3-7-17(19)18-8-4-6-10-20(18)22/h3-10,13-14,22-23,25,29-30H,11-12,15H2,1-2H3,(H,27,31). The lowest BCUT2D eigenvalue weighted by Crippen LogP contribution is -2.30. The van der Waals surface area contributed by atoms with Crippen LogP contribution >= 0.6 is 0 Å². The summed E-state index contributed by atoms with van der Waals surface area (Å²) in [6, 6.07) is 18.0. The third-order valence-electron chi connectivity index (χ3n) is 6.07. The topological polar surface area (TPSA) is 101 Å². The Labute approximate surface area is 193 Å². The van der Waals surface area contributed by atoms with Crippen LogP contribution in [0.25, 0.3) is 11.1 Å². The average Bonchev–Trinajstić information content (AvgIpc) is 3.16. The maximum Gasteiger partial charge on any atom is 0.407 e. The molecule has 1 aromatic heterocycles. The van der Waals surface area contributed by atoms with E-state index in [1.807, 2.05) is 31.2 Å². The number of carbonyl (C=O) groups excluding carboxylic acids is 1. The van der Waals surface area contributed by atoms with Gasteiger partial charge in [-0.3, -0.25) is 0 Å². The number of nitrogens with one attached hydrogen (secondary N) is 1. The van der Waals surface area contributed by atoms with E-state index in [1.165, 1.54) is 24.4 Å². The van der Waals surface area contributed by atoms with Crippen molar-refractivity contribution in [3.63, 3.8) is 0 Å². The molecule has 1 heterocycles. The van der Waals surface area contributed by atoms with Crippen molar-refractivity contribution in [2.45, 2.75) is 31.5 Å². The molecule has 2 atom stereocenters. The number of hydrogen-bond donors (Lipinski definition) is 3. The number of fused-ring (bicyclic) bond motifs is 3. The van der Waals surface area contributed by atoms with E-state index in [0.717, 1.165) is 16.7 Å². The van der Waals surface area contributed by atoms with Gasteiger partial charge in [-0.2, -0.15) is 0 Å². The summed E-state index contributed by atoms with van der Waals surface area (Å²) in [5.41, 5.74) is 5.91. The van der Waals surface area contributed by atoms with Gasteiger partial charge in [-0.1, -0.05) is 48.5 Å². The summed E-state index contributed by atoms with van der Waals surface area (Å²) in [5.74, 6) is 0.427. The average molecular weight is 449 g/mol. The van der Waals surface area contributed by atoms with Gasteiger partial charge in [0.2, 0.25) is 5.88 Å². The van der Waals surface area contributed by atoms with Crippen LogP contribution < -0.4 is 10.1 Å². The van der Waals surface area contributed by atoms with Crippen LogP contribution in [-0.2, 0) is 4.74 Å². The molecule has 0 radical (unpaired) electrons. The summed E-state index contributed by atoms with van der Waals surface area (Å²) >= 11 is 0. The second-order valence-corrected chi connectivity index (χ2v) is 8.14. The Hall–Kier alpha value is -3.42. The Morgan fingerprint density at radius 2 is 1.73 bits per heavy atom. The molecule has 3 N–H and O–H groups in total. The summed E-state index contributed by atoms with van der Waals surface area (Å²) in [5, 5.41) is 23.5. The van der Waals surface area contributed by atoms with Crippen molar-refractivity contribution in [1.82, 2.24) is 10.3 Å². The van der Waals surface area contributed by atoms with Gasteiger partial charge in [0, 0.05) is 30.3 Å². The van der Waals surface area contributed by atoms with Gasteiger partial charge in [0.05, 0.1) is 13.2 Å². The van der Waals surface area contributed by atoms with Crippen LogP contribution in [0.1, 0.15) is 40.7 Å². The van der Waals surface area contributed by atoms with Gasteiger partial charge in [0.25, 0.3) is 0 Å². The molecule has 1 amide bonds. The summed E-state index contributed by atoms with van der Waals surface area (Å²) < 4.78 is 10.6. The first-order valence-corrected chi connectivity index (χ1v) is 10.9. The normalized spacial score (nSPS) is 14.2. The quantitative estimate of drug-likeness (QED) is 0.486. The molecule has 0 fully saturated rings. The maximum absolute atomic E-state index is 12.3. The zero-order valence-electron chi connectivity index (χ0n) is 18.7. The number of aliphatic hydroxyl groups excluding tert-OH is 2. The number of carbonyl (C=O) groups is 1. The molecule has 2 aromatic carbocycles. The molecule has 0 spiro atoms. The van der Waals surface area contributed by atoms with Crippen LogP contribution in [-0.4, -0.2) is 47.7 Å². The number of aliphatic hydroxyl groups is 2. The number of alkyl carbamates (subject to hydrolysis) is 1. The third-order valence-corrected chi connectivity index (χ3v) is 6.07. The number of rotatable bonds is 8. The van der Waals surface area contributed by atoms with E-state index in [4.69, 9.17) is 9.47 Å². The summed E-state index contributed by atoms with van der Waals surface area (Å²) in [4.78, 5) is 16.3. The van der Waals surface area contributed by atoms with E-state index >= 15 is 0 Å². The first-order valence-electron chi connectivity index (χ1n) is 10.9. The van der Waals surface area contributed by atoms with Crippen molar-refractivity contribution in [3.8, 4) is 17.0 Å². The fourth-order valence-corrected chi connectivity index (χ4v) is 4.30. The number of aryl methyl sites for hydroxylation is 1. The van der Waals surface area contributed by atoms with E-state index in [9.17, 15) is 15.0 Å². The van der Waals surface area contributed by atoms with Gasteiger partial charge in [-0.15, -0.1) is 0 Å². The first-order chi connectivity index (χ1) is 16.0. The number of hydrogen-bond acceptors (Lipinski definition) is 6. The minimum atomic E-state index is -1.12. The molecule has 4 rings (SSSR count). The lowest BCUT2D eigenvalue weighted by Gasteiger charge is -2.20. The minimum absolute atomic E-state index is 0.0129. The highest BCUT2D eigenvalue weighted by atomic mass is 16.5. The van der Waals surface area contributed by atoms with Crippen LogP contribution in [0.5, 0.6) is 5.88 Å². The predicted molar refractivity (Wildman–Crippen MR) is 124 cm³/mol. The predicted octanol–water partition coefficient (Wildman–Crippen LogP) is 3.72. The number of pyridine rings is 1. The van der Waals surface area contributed by atoms with Gasteiger partial charge in [-0.25, -0.2) is 9.78 Å². The summed E-state index contributed by atoms with van der Waals surface area (Å²) in [7, 11) is 1.52. The summed E-state index contributed by atoms with van der Waals surface area (Å²) in [6.45, 7) is 2.20. The molecule has 2 unspecified atom stereocenters. The fourth-order valence-electron chi connectivity index (χ4n) is 4.30. The highest BCUT2D eigenvalue weighted by Crippen LogP contribution is 2.44. The van der Waals surface area contributed by atoms with Crippen molar-refractivity contribution in [1.29, 1.82) is 0 Å². The first kappa shape index (κ1) is 22.8. The van der Waals surface area contributed by atoms with Crippen LogP contribution in [0.3, 0.4) is 0 Å². The van der Waals surface area contributed by atoms with Gasteiger partial charge in [-0.05, 0) is 41.2 Å². The van der Waals surface area contributed by atoms with Crippen LogP contribution in [0.2, 0.25) is 0 Å². The van der Waals surface area contributed by atoms with Crippen molar-refractivity contribution in [3.05, 3.63) is 83.0 Å². The molecule has 7 nitrogen and oxygen atoms in total. The third kappa shape index (κ3) is 4.84. The molecule has 0 saturated carbocycles. The highest BCUT2D eigenvalue weighted by molar-refractivity contribution is 5.79. The van der Waals surface area contributed by atoms with Crippen molar-refractivity contribution >= 4 is 6.09 Å². The monoisotopic (exact) mass is 448 g/mol. The Kier molecular flexibility index (Phi) is 6.91. The molecule has 0 saturated heterocycles. The lowest BCUT2D eigenvalue weighted by atomic mass is 9.98. The molecule has 33 heavy (non-hydrogen) atoms. The molecular weight excluding hydrogens is 420 g/mol. The lowest BCUT2D eigenvalue weighted by molar-refractivity contribution is 0.0130. The minimum Gasteiger partial charge on any atom is -0.481 e. The SMILES string of the molecule is COc1cc(C)c(C(O)C(O)CCNC(=O)OCC2c3ccccc3-c3ccccc32)cn1. The number of ether oxygens (including phenoxy) is 2. The van der Waals surface area contributed by atoms with E-state index in [0.29, 0.717) is 11.4 Å². The second kappa shape index (κ2) is 10.0. The second-order valence-electron chi connectivity index (χ2n) is 8.14. The van der Waals surface area contributed by atoms with Gasteiger partial charge in [0.1, 0.15) is 12.7 Å². The number of nitrogens with zero attached hydrogens (tertiary/aromatic N) is 1. The van der Waals surface area contributed by atoms with Crippen LogP contribution in [0.15, 0.2) is 60.8 Å². The molecule has 1 aliphatic carbocycles. The molecule has 3 aromatic rings. The maximum atomic E-state index is 12.3. The van der Waals surface area contributed by atoms with Gasteiger partial charge in [0.15, 0.2) is 0 Å². The van der Waals surface area contributed by atoms with Crippen LogP contribution in [0.4, 0.5) is 4.79 Å². The highest BCUT2D eigenvalue weighted by Gasteiger charge is 2.29. The Bertz CT molecular complexity index is 1090. The van der Waals surface area contributed by atoms with Crippen molar-refractivity contribution in [2.75, 3.05) is 20.3 Å². The molecule has 172 valence electrons. The van der Waals surface area contributed by atoms with Gasteiger partial charge >= 0.3 is 6.09 Å². The Balaban J connectivity index is 1.28. The van der Waals surface area contributed by atoms with Crippen LogP contribution in [0, 0.1) is 6.92 Å². The smallest absolute Gasteiger partial charge is 0.407 e. The largest absolute Gasteiger partial charge is 0.481 e. The van der Waals surface area contributed by atoms with Crippen molar-refractivity contribution in [2.24, 2.45) is 0 Å². The molecule has 0 aliphatic heterocycles. The van der Waals surface area contributed by atoms with Gasteiger partial charge < -0.3 is 25.0 Å². The molecule has 1 aliphatic rings. The number of aromatic nitrogens is 1. The fraction of sp³-hybridized carbons (Fsp3) is 0.308. The van der Waals surface area contributed by atoms with E-state index in [-0.39, 0.29) is 25.5 Å². The number of benzene rings is 2. The Morgan fingerprint density at radius 3 is 2.33 bits per heavy atom. The summed E-state index contributed by atoms with van der Waals surface area (Å²) in [6.07, 6.45) is -1.08. The number of methoxy groups -OCH3 is 1. The van der Waals surface area contributed by atoms with E-state index in [2.05, 4.69) is 34.6 Å². The zero-order chi connectivity index (χ0) is 23.4. The molecular formula is C26H28N2O5. The molecule has 7 heteroatoms. The Morgan fingerprint density at radius 1 is 1.09 bits per heavy atom. The van der Waals surface area contributed by atoms with E-state index in [1.54, 1.807) is 6.07 Å². The molecule has 0 bridgehead atoms. The zero-order valence-corrected chi connectivity index (χ0v) is 18.7. The van der Waals surface area contributed by atoms with Crippen molar-refractivity contribution < 1.29 is 24.5 Å².